The lowest BCUT2D eigenvalue weighted by Crippen LogP contribution is -2.32. The normalized spacial score (nSPS) is 23.8. The smallest absolute Gasteiger partial charge is 0.222 e. The summed E-state index contributed by atoms with van der Waals surface area (Å²) >= 11 is 12.0. The van der Waals surface area contributed by atoms with Crippen LogP contribution < -0.4 is 5.32 Å². The maximum atomic E-state index is 12.3. The third-order valence-corrected chi connectivity index (χ3v) is 4.95. The van der Waals surface area contributed by atoms with E-state index in [1.807, 2.05) is 17.0 Å². The van der Waals surface area contributed by atoms with E-state index in [1.54, 1.807) is 6.07 Å². The number of amides is 1. The minimum absolute atomic E-state index is 0. The fourth-order valence-corrected chi connectivity index (χ4v) is 3.69. The lowest BCUT2D eigenvalue weighted by atomic mass is 10.0. The van der Waals surface area contributed by atoms with Crippen molar-refractivity contribution in [2.75, 3.05) is 26.2 Å². The molecular weight excluding hydrogens is 331 g/mol. The Morgan fingerprint density at radius 1 is 1.24 bits per heavy atom. The Kier molecular flexibility index (Phi) is 5.78. The van der Waals surface area contributed by atoms with E-state index in [1.165, 1.54) is 0 Å². The summed E-state index contributed by atoms with van der Waals surface area (Å²) < 4.78 is 0. The van der Waals surface area contributed by atoms with Crippen LogP contribution in [-0.4, -0.2) is 37.0 Å². The molecule has 21 heavy (non-hydrogen) atoms. The van der Waals surface area contributed by atoms with E-state index in [0.29, 0.717) is 34.7 Å². The van der Waals surface area contributed by atoms with Gasteiger partial charge in [-0.15, -0.1) is 12.4 Å². The van der Waals surface area contributed by atoms with Crippen molar-refractivity contribution in [1.29, 1.82) is 0 Å². The summed E-state index contributed by atoms with van der Waals surface area (Å²) in [6.07, 6.45) is 1.20. The molecule has 3 rings (SSSR count). The first-order valence-corrected chi connectivity index (χ1v) is 7.81. The van der Waals surface area contributed by atoms with Gasteiger partial charge in [0.15, 0.2) is 0 Å². The second-order valence-corrected chi connectivity index (χ2v) is 6.56. The maximum Gasteiger partial charge on any atom is 0.222 e. The highest BCUT2D eigenvalue weighted by Gasteiger charge is 2.37. The molecule has 3 nitrogen and oxygen atoms in total. The average molecular weight is 350 g/mol. The van der Waals surface area contributed by atoms with Crippen LogP contribution in [0, 0.1) is 11.8 Å². The number of hydrogen-bond donors (Lipinski definition) is 1. The molecule has 2 atom stereocenters. The molecule has 6 heteroatoms. The number of carbonyl (C=O) groups excluding carboxylic acids is 1. The molecule has 1 amide bonds. The maximum absolute atomic E-state index is 12.3. The van der Waals surface area contributed by atoms with E-state index in [0.717, 1.165) is 31.7 Å². The molecule has 2 aliphatic heterocycles. The number of fused-ring (bicyclic) bond motifs is 1. The lowest BCUT2D eigenvalue weighted by Gasteiger charge is -2.17. The van der Waals surface area contributed by atoms with Crippen LogP contribution >= 0.6 is 35.6 Å². The zero-order chi connectivity index (χ0) is 14.1. The summed E-state index contributed by atoms with van der Waals surface area (Å²) in [5, 5.41) is 4.66. The number of halogens is 3. The predicted molar refractivity (Wildman–Crippen MR) is 88.5 cm³/mol. The topological polar surface area (TPSA) is 32.3 Å². The molecule has 2 heterocycles. The fourth-order valence-electron chi connectivity index (χ4n) is 3.18. The molecule has 1 N–H and O–H groups in total. The zero-order valence-electron chi connectivity index (χ0n) is 11.6. The predicted octanol–water partition coefficient (Wildman–Crippen LogP) is 3.03. The van der Waals surface area contributed by atoms with E-state index in [4.69, 9.17) is 23.2 Å². The Hall–Kier alpha value is -0.480. The first kappa shape index (κ1) is 16.9. The molecule has 0 aromatic heterocycles. The highest BCUT2D eigenvalue weighted by atomic mass is 35.5. The van der Waals surface area contributed by atoms with Crippen LogP contribution in [0.15, 0.2) is 18.2 Å². The summed E-state index contributed by atoms with van der Waals surface area (Å²) in [5.74, 6) is 1.54. The summed E-state index contributed by atoms with van der Waals surface area (Å²) in [7, 11) is 0. The Balaban J connectivity index is 0.00000161. The largest absolute Gasteiger partial charge is 0.342 e. The number of nitrogens with zero attached hydrogens (tertiary/aromatic N) is 1. The van der Waals surface area contributed by atoms with Crippen LogP contribution in [0.25, 0.3) is 0 Å². The van der Waals surface area contributed by atoms with Crippen molar-refractivity contribution in [3.05, 3.63) is 33.8 Å². The van der Waals surface area contributed by atoms with Crippen LogP contribution in [0.2, 0.25) is 10.0 Å². The first-order valence-electron chi connectivity index (χ1n) is 7.06. The third kappa shape index (κ3) is 3.84. The van der Waals surface area contributed by atoms with Gasteiger partial charge in [0, 0.05) is 42.6 Å². The highest BCUT2D eigenvalue weighted by Crippen LogP contribution is 2.27. The van der Waals surface area contributed by atoms with Gasteiger partial charge in [-0.2, -0.15) is 0 Å². The number of benzene rings is 1. The molecule has 2 saturated heterocycles. The monoisotopic (exact) mass is 348 g/mol. The van der Waals surface area contributed by atoms with Gasteiger partial charge in [0.2, 0.25) is 5.91 Å². The van der Waals surface area contributed by atoms with Gasteiger partial charge in [0.1, 0.15) is 0 Å². The van der Waals surface area contributed by atoms with Crippen LogP contribution in [0.1, 0.15) is 12.0 Å². The minimum Gasteiger partial charge on any atom is -0.342 e. The van der Waals surface area contributed by atoms with E-state index < -0.39 is 0 Å². The lowest BCUT2D eigenvalue weighted by molar-refractivity contribution is -0.130. The zero-order valence-corrected chi connectivity index (χ0v) is 14.0. The van der Waals surface area contributed by atoms with Gasteiger partial charge in [-0.1, -0.05) is 29.3 Å². The van der Waals surface area contributed by atoms with Gasteiger partial charge in [-0.25, -0.2) is 0 Å². The second-order valence-electron chi connectivity index (χ2n) is 5.71. The van der Waals surface area contributed by atoms with Gasteiger partial charge in [-0.3, -0.25) is 4.79 Å². The molecule has 1 aromatic carbocycles. The van der Waals surface area contributed by atoms with Crippen molar-refractivity contribution < 1.29 is 4.79 Å². The molecule has 0 unspecified atom stereocenters. The quantitative estimate of drug-likeness (QED) is 0.910. The number of aryl methyl sites for hydroxylation is 1. The van der Waals surface area contributed by atoms with Crippen LogP contribution in [-0.2, 0) is 11.2 Å². The molecule has 116 valence electrons. The first-order chi connectivity index (χ1) is 9.63. The molecular formula is C15H19Cl3N2O. The van der Waals surface area contributed by atoms with Crippen LogP contribution in [0.4, 0.5) is 0 Å². The number of carbonyl (C=O) groups is 1. The molecule has 2 fully saturated rings. The molecule has 2 aliphatic rings. The number of rotatable bonds is 3. The van der Waals surface area contributed by atoms with Crippen LogP contribution in [0.5, 0.6) is 0 Å². The minimum atomic E-state index is 0. The molecule has 1 aromatic rings. The SMILES string of the molecule is Cl.O=C(CCc1ccc(Cl)cc1Cl)N1C[C@H]2CNC[C@H]2C1. The number of hydrogen-bond acceptors (Lipinski definition) is 2. The second kappa shape index (κ2) is 7.19. The summed E-state index contributed by atoms with van der Waals surface area (Å²) in [4.78, 5) is 14.3. The van der Waals surface area contributed by atoms with Crippen molar-refractivity contribution in [2.24, 2.45) is 11.8 Å². The Morgan fingerprint density at radius 3 is 2.52 bits per heavy atom. The van der Waals surface area contributed by atoms with Crippen molar-refractivity contribution in [3.63, 3.8) is 0 Å². The number of likely N-dealkylation sites (tertiary alicyclic amines) is 1. The van der Waals surface area contributed by atoms with Gasteiger partial charge in [-0.05, 0) is 36.0 Å². The number of nitrogens with one attached hydrogen (secondary N) is 1. The van der Waals surface area contributed by atoms with Gasteiger partial charge < -0.3 is 10.2 Å². The molecule has 0 saturated carbocycles. The van der Waals surface area contributed by atoms with Crippen molar-refractivity contribution >= 4 is 41.5 Å². The van der Waals surface area contributed by atoms with E-state index in [-0.39, 0.29) is 18.3 Å². The third-order valence-electron chi connectivity index (χ3n) is 4.37. The fraction of sp³-hybridized carbons (Fsp3) is 0.533. The van der Waals surface area contributed by atoms with Crippen molar-refractivity contribution in [3.8, 4) is 0 Å². The Labute approximate surface area is 141 Å². The highest BCUT2D eigenvalue weighted by molar-refractivity contribution is 6.35. The van der Waals surface area contributed by atoms with E-state index in [9.17, 15) is 4.79 Å². The molecule has 0 bridgehead atoms. The summed E-state index contributed by atoms with van der Waals surface area (Å²) in [5.41, 5.74) is 0.991. The van der Waals surface area contributed by atoms with Gasteiger partial charge >= 0.3 is 0 Å². The Morgan fingerprint density at radius 2 is 1.90 bits per heavy atom. The van der Waals surface area contributed by atoms with Gasteiger partial charge in [0.25, 0.3) is 0 Å². The van der Waals surface area contributed by atoms with Crippen LogP contribution in [0.3, 0.4) is 0 Å². The molecule has 0 spiro atoms. The van der Waals surface area contributed by atoms with Gasteiger partial charge in [0.05, 0.1) is 0 Å². The standard InChI is InChI=1S/C15H18Cl2N2O.ClH/c16-13-3-1-10(14(17)5-13)2-4-15(20)19-8-11-6-18-7-12(11)9-19;/h1,3,5,11-12,18H,2,4,6-9H2;1H/t11-,12+;. The summed E-state index contributed by atoms with van der Waals surface area (Å²) in [6.45, 7) is 3.92. The van der Waals surface area contributed by atoms with Crippen molar-refractivity contribution in [2.45, 2.75) is 12.8 Å². The Bertz CT molecular complexity index is 512. The van der Waals surface area contributed by atoms with E-state index in [2.05, 4.69) is 5.32 Å². The molecule has 0 radical (unpaired) electrons. The average Bonchev–Trinajstić information content (AvgIpc) is 2.98. The molecule has 0 aliphatic carbocycles. The summed E-state index contributed by atoms with van der Waals surface area (Å²) in [6, 6.07) is 5.45. The van der Waals surface area contributed by atoms with E-state index >= 15 is 0 Å². The van der Waals surface area contributed by atoms with Crippen molar-refractivity contribution in [1.82, 2.24) is 10.2 Å².